The summed E-state index contributed by atoms with van der Waals surface area (Å²) in [5, 5.41) is 0. The Morgan fingerprint density at radius 1 is 0.553 bits per heavy atom. The molecule has 2 N–H and O–H groups in total. The number of amides is 2. The first kappa shape index (κ1) is 43.2. The van der Waals surface area contributed by atoms with Crippen molar-refractivity contribution in [2.24, 2.45) is 0 Å². The van der Waals surface area contributed by atoms with Crippen molar-refractivity contribution in [2.75, 3.05) is 37.7 Å². The van der Waals surface area contributed by atoms with Crippen molar-refractivity contribution < 1.29 is 97.5 Å². The Kier molecular flexibility index (Phi) is 29.0. The SMILES string of the molecule is CCCCCCCC(=O)N(CCCS(=O)(=O)O)CCN(CCCS(=O)(=O)O)C(=O)CCCCCCC.[H-].[H-].[Na+].[Na+]. The van der Waals surface area contributed by atoms with E-state index in [1.54, 1.807) is 0 Å². The minimum absolute atomic E-state index is 0. The van der Waals surface area contributed by atoms with Crippen LogP contribution in [0.4, 0.5) is 0 Å². The number of nitrogens with zero attached hydrogens (tertiary/aromatic N) is 2. The summed E-state index contributed by atoms with van der Waals surface area (Å²) < 4.78 is 62.5. The molecule has 0 aromatic carbocycles. The maximum atomic E-state index is 12.8. The number of hydrogen-bond donors (Lipinski definition) is 2. The molecule has 0 aromatic rings. The normalized spacial score (nSPS) is 11.4. The van der Waals surface area contributed by atoms with Crippen LogP contribution in [0.1, 0.15) is 107 Å². The van der Waals surface area contributed by atoms with Crippen molar-refractivity contribution in [3.63, 3.8) is 0 Å². The first-order valence-electron chi connectivity index (χ1n) is 13.4. The second kappa shape index (κ2) is 25.5. The summed E-state index contributed by atoms with van der Waals surface area (Å²) in [7, 11) is -8.29. The molecule has 0 aliphatic heterocycles. The summed E-state index contributed by atoms with van der Waals surface area (Å²) in [4.78, 5) is 28.7. The molecule has 0 heterocycles. The Morgan fingerprint density at radius 3 is 1.16 bits per heavy atom. The van der Waals surface area contributed by atoms with E-state index in [1.165, 1.54) is 9.80 Å². The van der Waals surface area contributed by atoms with Crippen LogP contribution in [0.2, 0.25) is 0 Å². The standard InChI is InChI=1S/C24H48N2O8S2.2Na.2H/c1-3-5-7-9-11-15-23(27)25(17-13-21-35(29,30)31)19-20-26(18-14-22-36(32,33)34)24(28)16-12-10-8-6-4-2;;;;/h3-22H2,1-2H3,(H,29,30,31)(H,32,33,34);;;;/q;2*+1;2*-1. The van der Waals surface area contributed by atoms with Crippen LogP contribution in [0, 0.1) is 0 Å². The van der Waals surface area contributed by atoms with Crippen molar-refractivity contribution in [1.29, 1.82) is 0 Å². The summed E-state index contributed by atoms with van der Waals surface area (Å²) in [6.45, 7) is 4.86. The van der Waals surface area contributed by atoms with Gasteiger partial charge in [0.15, 0.2) is 0 Å². The van der Waals surface area contributed by atoms with E-state index in [2.05, 4.69) is 13.8 Å². The van der Waals surface area contributed by atoms with E-state index in [4.69, 9.17) is 9.11 Å². The first-order valence-corrected chi connectivity index (χ1v) is 16.6. The van der Waals surface area contributed by atoms with Crippen LogP contribution in [0.25, 0.3) is 0 Å². The molecule has 0 aliphatic rings. The van der Waals surface area contributed by atoms with Crippen LogP contribution in [0.15, 0.2) is 0 Å². The van der Waals surface area contributed by atoms with Crippen molar-refractivity contribution >= 4 is 32.1 Å². The summed E-state index contributed by atoms with van der Waals surface area (Å²) >= 11 is 0. The molecule has 0 aliphatic carbocycles. The quantitative estimate of drug-likeness (QED) is 0.0785. The largest absolute Gasteiger partial charge is 1.00 e. The third-order valence-electron chi connectivity index (χ3n) is 5.99. The number of unbranched alkanes of at least 4 members (excludes halogenated alkanes) is 8. The number of carbonyl (C=O) groups is 2. The molecular weight excluding hydrogens is 554 g/mol. The third kappa shape index (κ3) is 27.0. The van der Waals surface area contributed by atoms with Crippen LogP contribution in [0.3, 0.4) is 0 Å². The molecule has 14 heteroatoms. The predicted molar refractivity (Wildman–Crippen MR) is 144 cm³/mol. The van der Waals surface area contributed by atoms with Gasteiger partial charge in [0.05, 0.1) is 11.5 Å². The molecule has 0 spiro atoms. The van der Waals surface area contributed by atoms with E-state index in [-0.39, 0.29) is 113 Å². The maximum Gasteiger partial charge on any atom is 1.00 e. The Bertz CT molecular complexity index is 771. The topological polar surface area (TPSA) is 149 Å². The molecule has 0 atom stereocenters. The van der Waals surface area contributed by atoms with E-state index >= 15 is 0 Å². The van der Waals surface area contributed by atoms with Crippen molar-refractivity contribution in [2.45, 2.75) is 104 Å². The zero-order valence-electron chi connectivity index (χ0n) is 26.2. The van der Waals surface area contributed by atoms with Gasteiger partial charge in [-0.2, -0.15) is 16.8 Å². The molecule has 0 radical (unpaired) electrons. The Morgan fingerprint density at radius 2 is 0.868 bits per heavy atom. The van der Waals surface area contributed by atoms with E-state index in [9.17, 15) is 26.4 Å². The minimum Gasteiger partial charge on any atom is -1.00 e. The Hall–Kier alpha value is 0.760. The molecule has 0 fully saturated rings. The van der Waals surface area contributed by atoms with Gasteiger partial charge in [0.1, 0.15) is 0 Å². The molecule has 0 aromatic heterocycles. The maximum absolute atomic E-state index is 12.8. The second-order valence-electron chi connectivity index (χ2n) is 9.37. The van der Waals surface area contributed by atoms with Gasteiger partial charge in [-0.05, 0) is 25.7 Å². The van der Waals surface area contributed by atoms with Crippen LogP contribution in [0.5, 0.6) is 0 Å². The smallest absolute Gasteiger partial charge is 1.00 e. The van der Waals surface area contributed by atoms with Crippen LogP contribution < -0.4 is 59.1 Å². The minimum atomic E-state index is -4.14. The van der Waals surface area contributed by atoms with Gasteiger partial charge < -0.3 is 12.7 Å². The molecule has 218 valence electrons. The second-order valence-corrected chi connectivity index (χ2v) is 12.5. The van der Waals surface area contributed by atoms with Crippen molar-refractivity contribution in [3.8, 4) is 0 Å². The van der Waals surface area contributed by atoms with Gasteiger partial charge in [-0.1, -0.05) is 65.2 Å². The fraction of sp³-hybridized carbons (Fsp3) is 0.917. The van der Waals surface area contributed by atoms with Crippen LogP contribution in [-0.2, 0) is 29.8 Å². The van der Waals surface area contributed by atoms with Crippen molar-refractivity contribution in [1.82, 2.24) is 9.80 Å². The van der Waals surface area contributed by atoms with E-state index in [1.807, 2.05) is 0 Å². The van der Waals surface area contributed by atoms with Gasteiger partial charge in [-0.3, -0.25) is 18.7 Å². The number of hydrogen-bond acceptors (Lipinski definition) is 6. The number of rotatable bonds is 23. The third-order valence-corrected chi connectivity index (χ3v) is 7.60. The number of carbonyl (C=O) groups excluding carboxylic acids is 2. The van der Waals surface area contributed by atoms with Gasteiger partial charge in [0.2, 0.25) is 11.8 Å². The molecule has 2 amide bonds. The predicted octanol–water partition coefficient (Wildman–Crippen LogP) is -1.85. The fourth-order valence-electron chi connectivity index (χ4n) is 3.92. The molecule has 0 bridgehead atoms. The van der Waals surface area contributed by atoms with E-state index < -0.39 is 31.7 Å². The van der Waals surface area contributed by atoms with Gasteiger partial charge >= 0.3 is 59.1 Å². The van der Waals surface area contributed by atoms with E-state index in [0.29, 0.717) is 12.8 Å². The van der Waals surface area contributed by atoms with Gasteiger partial charge in [0.25, 0.3) is 20.2 Å². The Balaban J connectivity index is -0.00000102. The molecule has 0 saturated heterocycles. The zero-order valence-corrected chi connectivity index (χ0v) is 29.8. The van der Waals surface area contributed by atoms with Crippen molar-refractivity contribution in [3.05, 3.63) is 0 Å². The summed E-state index contributed by atoms with van der Waals surface area (Å²) in [5.41, 5.74) is 0. The molecule has 38 heavy (non-hydrogen) atoms. The van der Waals surface area contributed by atoms with Gasteiger partial charge in [-0.25, -0.2) is 0 Å². The van der Waals surface area contributed by atoms with Crippen LogP contribution in [-0.4, -0.2) is 85.2 Å². The van der Waals surface area contributed by atoms with Gasteiger partial charge in [0, 0.05) is 39.0 Å². The average molecular weight is 605 g/mol. The fourth-order valence-corrected chi connectivity index (χ4v) is 4.90. The molecule has 10 nitrogen and oxygen atoms in total. The van der Waals surface area contributed by atoms with Gasteiger partial charge in [-0.15, -0.1) is 0 Å². The zero-order chi connectivity index (χ0) is 27.5. The molecule has 0 unspecified atom stereocenters. The van der Waals surface area contributed by atoms with E-state index in [0.717, 1.165) is 64.2 Å². The molecule has 0 saturated carbocycles. The summed E-state index contributed by atoms with van der Waals surface area (Å²) in [6.07, 6.45) is 10.6. The monoisotopic (exact) mass is 604 g/mol. The first-order chi connectivity index (χ1) is 16.9. The molecule has 0 rings (SSSR count). The van der Waals surface area contributed by atoms with Crippen LogP contribution >= 0.6 is 0 Å². The molecular formula is C24H50N2Na2O8S2. The summed E-state index contributed by atoms with van der Waals surface area (Å²) in [6, 6.07) is 0. The Labute approximate surface area is 278 Å². The average Bonchev–Trinajstić information content (AvgIpc) is 2.77. The summed E-state index contributed by atoms with van der Waals surface area (Å²) in [5.74, 6) is -1.18.